The van der Waals surface area contributed by atoms with Crippen molar-refractivity contribution in [3.63, 3.8) is 0 Å². The number of carbonyl (C=O) groups is 3. The first-order valence-corrected chi connectivity index (χ1v) is 12.9. The Hall–Kier alpha value is -3.71. The maximum Gasteiger partial charge on any atom is 0.344 e. The van der Waals surface area contributed by atoms with Crippen LogP contribution in [0.5, 0.6) is 11.5 Å². The van der Waals surface area contributed by atoms with Crippen molar-refractivity contribution in [1.29, 1.82) is 0 Å². The quantitative estimate of drug-likeness (QED) is 0.0738. The van der Waals surface area contributed by atoms with E-state index >= 15 is 0 Å². The zero-order valence-corrected chi connectivity index (χ0v) is 22.4. The molecule has 1 aliphatic heterocycles. The predicted molar refractivity (Wildman–Crippen MR) is 146 cm³/mol. The average molecular weight is 630 g/mol. The molecule has 1 aliphatic rings. The highest BCUT2D eigenvalue weighted by Gasteiger charge is 2.35. The maximum absolute atomic E-state index is 12.9. The number of nitrogens with zero attached hydrogens (tertiary/aromatic N) is 2. The molecule has 37 heavy (non-hydrogen) atoms. The highest BCUT2D eigenvalue weighted by atomic mass is 127. The molecule has 1 fully saturated rings. The molecule has 0 unspecified atom stereocenters. The summed E-state index contributed by atoms with van der Waals surface area (Å²) >= 11 is 2.86. The van der Waals surface area contributed by atoms with Crippen molar-refractivity contribution in [3.8, 4) is 11.5 Å². The van der Waals surface area contributed by atoms with Gasteiger partial charge in [-0.05, 0) is 82.7 Å². The molecule has 0 bridgehead atoms. The second-order valence-corrected chi connectivity index (χ2v) is 9.86. The van der Waals surface area contributed by atoms with Gasteiger partial charge in [-0.2, -0.15) is 0 Å². The first-order valence-electron chi connectivity index (χ1n) is 11.0. The second kappa shape index (κ2) is 11.6. The lowest BCUT2D eigenvalue weighted by Crippen LogP contribution is -2.27. The number of hydrogen-bond acceptors (Lipinski definition) is 8. The van der Waals surface area contributed by atoms with Gasteiger partial charge >= 0.3 is 5.97 Å². The molecule has 0 saturated carbocycles. The molecule has 0 aromatic heterocycles. The summed E-state index contributed by atoms with van der Waals surface area (Å²) < 4.78 is 12.0. The highest BCUT2D eigenvalue weighted by Crippen LogP contribution is 2.36. The summed E-state index contributed by atoms with van der Waals surface area (Å²) in [7, 11) is 0. The van der Waals surface area contributed by atoms with Crippen molar-refractivity contribution in [1.82, 2.24) is 4.90 Å². The highest BCUT2D eigenvalue weighted by molar-refractivity contribution is 14.1. The Morgan fingerprint density at radius 3 is 2.49 bits per heavy atom. The standard InChI is InChI=1S/C26H19IN2O7S/c1-2-35-22-13-17(9-12-21(22)36-25(31)19-5-3-4-6-20(19)27)14-23-24(30)28(26(32)37-23)15-16-7-10-18(11-8-16)29(33)34/h3-14H,2,15H2,1H3/b23-14-. The van der Waals surface area contributed by atoms with Gasteiger partial charge in [0.05, 0.1) is 28.5 Å². The van der Waals surface area contributed by atoms with Crippen LogP contribution in [0, 0.1) is 13.7 Å². The number of hydrogen-bond donors (Lipinski definition) is 0. The third-order valence-electron chi connectivity index (χ3n) is 5.22. The van der Waals surface area contributed by atoms with Gasteiger partial charge in [0, 0.05) is 15.7 Å². The van der Waals surface area contributed by atoms with Gasteiger partial charge in [0.25, 0.3) is 16.8 Å². The monoisotopic (exact) mass is 630 g/mol. The van der Waals surface area contributed by atoms with Gasteiger partial charge in [-0.1, -0.05) is 30.3 Å². The summed E-state index contributed by atoms with van der Waals surface area (Å²) in [6.07, 6.45) is 1.56. The first-order chi connectivity index (χ1) is 17.8. The van der Waals surface area contributed by atoms with E-state index in [0.717, 1.165) is 20.2 Å². The van der Waals surface area contributed by atoms with Crippen molar-refractivity contribution in [2.24, 2.45) is 0 Å². The molecule has 0 radical (unpaired) electrons. The van der Waals surface area contributed by atoms with Gasteiger partial charge in [0.2, 0.25) is 0 Å². The van der Waals surface area contributed by atoms with Gasteiger partial charge in [0.15, 0.2) is 11.5 Å². The minimum atomic E-state index is -0.522. The van der Waals surface area contributed by atoms with Crippen molar-refractivity contribution < 1.29 is 28.8 Å². The van der Waals surface area contributed by atoms with Gasteiger partial charge in [0.1, 0.15) is 0 Å². The summed E-state index contributed by atoms with van der Waals surface area (Å²) in [6, 6.07) is 17.6. The Balaban J connectivity index is 1.52. The molecular weight excluding hydrogens is 611 g/mol. The SMILES string of the molecule is CCOc1cc(/C=C2\SC(=O)N(Cc3ccc([N+](=O)[O-])cc3)C2=O)ccc1OC(=O)c1ccccc1I. The lowest BCUT2D eigenvalue weighted by molar-refractivity contribution is -0.384. The summed E-state index contributed by atoms with van der Waals surface area (Å²) in [5.41, 5.74) is 1.53. The fourth-order valence-corrected chi connectivity index (χ4v) is 4.89. The van der Waals surface area contributed by atoms with Crippen LogP contribution in [0.1, 0.15) is 28.4 Å². The summed E-state index contributed by atoms with van der Waals surface area (Å²) in [6.45, 7) is 2.11. The number of esters is 1. The number of imide groups is 1. The topological polar surface area (TPSA) is 116 Å². The Bertz CT molecular complexity index is 1420. The number of carbonyl (C=O) groups excluding carboxylic acids is 3. The molecule has 3 aromatic rings. The van der Waals surface area contributed by atoms with E-state index in [9.17, 15) is 24.5 Å². The van der Waals surface area contributed by atoms with Gasteiger partial charge < -0.3 is 9.47 Å². The van der Waals surface area contributed by atoms with Crippen LogP contribution in [0.2, 0.25) is 0 Å². The first kappa shape index (κ1) is 26.4. The molecule has 1 saturated heterocycles. The third kappa shape index (κ3) is 6.17. The molecule has 0 N–H and O–H groups in total. The lowest BCUT2D eigenvalue weighted by Gasteiger charge is -2.13. The lowest BCUT2D eigenvalue weighted by atomic mass is 10.1. The molecule has 4 rings (SSSR count). The van der Waals surface area contributed by atoms with E-state index in [1.807, 2.05) is 6.07 Å². The molecule has 0 atom stereocenters. The second-order valence-electron chi connectivity index (χ2n) is 7.70. The number of thioether (sulfide) groups is 1. The van der Waals surface area contributed by atoms with Crippen LogP contribution in [0.15, 0.2) is 71.6 Å². The molecule has 0 aliphatic carbocycles. The zero-order valence-electron chi connectivity index (χ0n) is 19.4. The number of halogens is 1. The van der Waals surface area contributed by atoms with E-state index in [-0.39, 0.29) is 22.9 Å². The predicted octanol–water partition coefficient (Wildman–Crippen LogP) is 6.05. The Morgan fingerprint density at radius 1 is 1.08 bits per heavy atom. The number of ether oxygens (including phenoxy) is 2. The molecule has 9 nitrogen and oxygen atoms in total. The molecule has 188 valence electrons. The Labute approximate surface area is 229 Å². The molecule has 1 heterocycles. The van der Waals surface area contributed by atoms with Crippen LogP contribution in [-0.2, 0) is 11.3 Å². The van der Waals surface area contributed by atoms with E-state index in [1.54, 1.807) is 49.4 Å². The summed E-state index contributed by atoms with van der Waals surface area (Å²) in [5.74, 6) is -0.442. The van der Waals surface area contributed by atoms with Crippen molar-refractivity contribution in [3.05, 3.63) is 102 Å². The van der Waals surface area contributed by atoms with Crippen LogP contribution in [0.25, 0.3) is 6.08 Å². The minimum Gasteiger partial charge on any atom is -0.490 e. The van der Waals surface area contributed by atoms with E-state index < -0.39 is 22.0 Å². The molecule has 11 heteroatoms. The minimum absolute atomic E-state index is 0.00261. The number of nitro groups is 1. The van der Waals surface area contributed by atoms with Crippen molar-refractivity contribution in [2.75, 3.05) is 6.61 Å². The van der Waals surface area contributed by atoms with Crippen LogP contribution in [-0.4, -0.2) is 33.5 Å². The number of benzene rings is 3. The largest absolute Gasteiger partial charge is 0.490 e. The van der Waals surface area contributed by atoms with Crippen LogP contribution < -0.4 is 9.47 Å². The molecule has 3 aromatic carbocycles. The zero-order chi connectivity index (χ0) is 26.5. The summed E-state index contributed by atoms with van der Waals surface area (Å²) in [5, 5.41) is 10.4. The molecular formula is C26H19IN2O7S. The Morgan fingerprint density at radius 2 is 1.81 bits per heavy atom. The molecule has 2 amide bonds. The van der Waals surface area contributed by atoms with Gasteiger partial charge in [-0.15, -0.1) is 0 Å². The van der Waals surface area contributed by atoms with E-state index in [0.29, 0.717) is 29.0 Å². The van der Waals surface area contributed by atoms with Gasteiger partial charge in [-0.3, -0.25) is 24.6 Å². The third-order valence-corrected chi connectivity index (χ3v) is 7.07. The van der Waals surface area contributed by atoms with E-state index in [4.69, 9.17) is 9.47 Å². The maximum atomic E-state index is 12.9. The van der Waals surface area contributed by atoms with Crippen molar-refractivity contribution >= 4 is 63.2 Å². The number of rotatable bonds is 8. The van der Waals surface area contributed by atoms with Crippen LogP contribution in [0.4, 0.5) is 10.5 Å². The number of amides is 2. The number of non-ortho nitro benzene ring substituents is 1. The van der Waals surface area contributed by atoms with Crippen LogP contribution in [0.3, 0.4) is 0 Å². The molecule has 0 spiro atoms. The fraction of sp³-hybridized carbons (Fsp3) is 0.115. The average Bonchev–Trinajstić information content (AvgIpc) is 3.13. The van der Waals surface area contributed by atoms with E-state index in [2.05, 4.69) is 22.6 Å². The van der Waals surface area contributed by atoms with Crippen LogP contribution >= 0.6 is 34.4 Å². The normalized spacial score (nSPS) is 14.2. The van der Waals surface area contributed by atoms with Gasteiger partial charge in [-0.25, -0.2) is 4.79 Å². The Kier molecular flexibility index (Phi) is 8.24. The van der Waals surface area contributed by atoms with E-state index in [1.165, 1.54) is 24.3 Å². The number of nitro benzene ring substituents is 1. The summed E-state index contributed by atoms with van der Waals surface area (Å²) in [4.78, 5) is 49.7. The fourth-order valence-electron chi connectivity index (χ4n) is 3.44. The van der Waals surface area contributed by atoms with Crippen molar-refractivity contribution in [2.45, 2.75) is 13.5 Å². The smallest absolute Gasteiger partial charge is 0.344 e.